The van der Waals surface area contributed by atoms with E-state index in [1.165, 1.54) is 12.1 Å². The fraction of sp³-hybridized carbons (Fsp3) is 0.200. The summed E-state index contributed by atoms with van der Waals surface area (Å²) in [6, 6.07) is 10.2. The Kier molecular flexibility index (Phi) is 4.33. The molecule has 0 aliphatic heterocycles. The van der Waals surface area contributed by atoms with Gasteiger partial charge in [-0.3, -0.25) is 0 Å². The largest absolute Gasteiger partial charge is 0.378 e. The first kappa shape index (κ1) is 14.2. The molecule has 0 saturated carbocycles. The van der Waals surface area contributed by atoms with Gasteiger partial charge in [-0.15, -0.1) is 0 Å². The van der Waals surface area contributed by atoms with Crippen LogP contribution in [0, 0.1) is 12.7 Å². The number of rotatable bonds is 3. The van der Waals surface area contributed by atoms with E-state index in [9.17, 15) is 4.39 Å². The molecule has 0 spiro atoms. The van der Waals surface area contributed by atoms with Crippen LogP contribution in [-0.2, 0) is 0 Å². The lowest BCUT2D eigenvalue weighted by atomic mass is 10.1. The van der Waals surface area contributed by atoms with E-state index in [4.69, 9.17) is 23.2 Å². The van der Waals surface area contributed by atoms with Gasteiger partial charge >= 0.3 is 0 Å². The predicted molar refractivity (Wildman–Crippen MR) is 79.6 cm³/mol. The smallest absolute Gasteiger partial charge is 0.125 e. The Balaban J connectivity index is 2.22. The number of hydrogen-bond donors (Lipinski definition) is 1. The van der Waals surface area contributed by atoms with Crippen molar-refractivity contribution in [1.82, 2.24) is 0 Å². The SMILES string of the molecule is Cc1ccc(F)cc1NC(C)c1ccc(Cl)c(Cl)c1. The first-order valence-corrected chi connectivity index (χ1v) is 6.70. The second-order valence-corrected chi connectivity index (χ2v) is 5.31. The molecule has 0 aromatic heterocycles. The molecule has 2 aromatic carbocycles. The molecule has 0 aliphatic rings. The zero-order valence-corrected chi connectivity index (χ0v) is 12.2. The zero-order chi connectivity index (χ0) is 14.0. The van der Waals surface area contributed by atoms with E-state index in [0.717, 1.165) is 16.8 Å². The van der Waals surface area contributed by atoms with Crippen molar-refractivity contribution in [2.75, 3.05) is 5.32 Å². The van der Waals surface area contributed by atoms with Crippen molar-refractivity contribution in [1.29, 1.82) is 0 Å². The summed E-state index contributed by atoms with van der Waals surface area (Å²) in [5.74, 6) is -0.255. The number of anilines is 1. The molecule has 1 N–H and O–H groups in total. The fourth-order valence-corrected chi connectivity index (χ4v) is 2.15. The minimum Gasteiger partial charge on any atom is -0.378 e. The highest BCUT2D eigenvalue weighted by molar-refractivity contribution is 6.42. The molecule has 0 radical (unpaired) electrons. The Morgan fingerprint density at radius 3 is 2.47 bits per heavy atom. The Hall–Kier alpha value is -1.25. The van der Waals surface area contributed by atoms with Gasteiger partial charge in [0.05, 0.1) is 10.0 Å². The molecule has 19 heavy (non-hydrogen) atoms. The summed E-state index contributed by atoms with van der Waals surface area (Å²) in [5.41, 5.74) is 2.77. The maximum atomic E-state index is 13.2. The number of nitrogens with one attached hydrogen (secondary N) is 1. The Bertz CT molecular complexity index is 599. The lowest BCUT2D eigenvalue weighted by Crippen LogP contribution is -2.08. The molecular weight excluding hydrogens is 284 g/mol. The average Bonchev–Trinajstić information content (AvgIpc) is 2.37. The molecule has 0 amide bonds. The molecule has 0 bridgehead atoms. The Labute approximate surface area is 122 Å². The molecule has 0 saturated heterocycles. The van der Waals surface area contributed by atoms with Gasteiger partial charge in [-0.25, -0.2) is 4.39 Å². The topological polar surface area (TPSA) is 12.0 Å². The molecule has 1 unspecified atom stereocenters. The Morgan fingerprint density at radius 2 is 1.79 bits per heavy atom. The minimum absolute atomic E-state index is 0.00951. The summed E-state index contributed by atoms with van der Waals surface area (Å²) in [4.78, 5) is 0. The van der Waals surface area contributed by atoms with Crippen molar-refractivity contribution in [2.24, 2.45) is 0 Å². The third-order valence-electron chi connectivity index (χ3n) is 3.02. The summed E-state index contributed by atoms with van der Waals surface area (Å²) in [5, 5.41) is 4.32. The van der Waals surface area contributed by atoms with Gasteiger partial charge in [0, 0.05) is 11.7 Å². The lowest BCUT2D eigenvalue weighted by Gasteiger charge is -2.18. The highest BCUT2D eigenvalue weighted by atomic mass is 35.5. The van der Waals surface area contributed by atoms with Crippen molar-refractivity contribution in [3.63, 3.8) is 0 Å². The molecule has 0 aliphatic carbocycles. The van der Waals surface area contributed by atoms with Gasteiger partial charge < -0.3 is 5.32 Å². The number of benzene rings is 2. The monoisotopic (exact) mass is 297 g/mol. The first-order valence-electron chi connectivity index (χ1n) is 5.95. The first-order chi connectivity index (χ1) is 8.97. The lowest BCUT2D eigenvalue weighted by molar-refractivity contribution is 0.627. The van der Waals surface area contributed by atoms with Crippen LogP contribution in [0.3, 0.4) is 0 Å². The van der Waals surface area contributed by atoms with Gasteiger partial charge in [0.1, 0.15) is 5.82 Å². The molecule has 2 rings (SSSR count). The van der Waals surface area contributed by atoms with Crippen LogP contribution in [0.2, 0.25) is 10.0 Å². The molecule has 4 heteroatoms. The third-order valence-corrected chi connectivity index (χ3v) is 3.75. The van der Waals surface area contributed by atoms with E-state index in [-0.39, 0.29) is 11.9 Å². The summed E-state index contributed by atoms with van der Waals surface area (Å²) < 4.78 is 13.2. The van der Waals surface area contributed by atoms with Gasteiger partial charge in [0.2, 0.25) is 0 Å². The molecule has 2 aromatic rings. The molecular formula is C15H14Cl2FN. The van der Waals surface area contributed by atoms with Crippen LogP contribution in [0.1, 0.15) is 24.1 Å². The van der Waals surface area contributed by atoms with Crippen LogP contribution in [0.4, 0.5) is 10.1 Å². The minimum atomic E-state index is -0.255. The van der Waals surface area contributed by atoms with E-state index in [0.29, 0.717) is 10.0 Å². The van der Waals surface area contributed by atoms with Crippen LogP contribution in [0.15, 0.2) is 36.4 Å². The second-order valence-electron chi connectivity index (χ2n) is 4.50. The van der Waals surface area contributed by atoms with E-state index < -0.39 is 0 Å². The van der Waals surface area contributed by atoms with E-state index >= 15 is 0 Å². The van der Waals surface area contributed by atoms with Gasteiger partial charge in [-0.2, -0.15) is 0 Å². The Morgan fingerprint density at radius 1 is 1.05 bits per heavy atom. The second kappa shape index (κ2) is 5.81. The normalized spacial score (nSPS) is 12.3. The standard InChI is InChI=1S/C15H14Cl2FN/c1-9-3-5-12(18)8-15(9)19-10(2)11-4-6-13(16)14(17)7-11/h3-8,10,19H,1-2H3. The molecule has 100 valence electrons. The molecule has 0 heterocycles. The van der Waals surface area contributed by atoms with Crippen LogP contribution in [-0.4, -0.2) is 0 Å². The maximum absolute atomic E-state index is 13.2. The molecule has 1 atom stereocenters. The van der Waals surface area contributed by atoms with Crippen molar-refractivity contribution >= 4 is 28.9 Å². The van der Waals surface area contributed by atoms with E-state index in [1.54, 1.807) is 12.1 Å². The quantitative estimate of drug-likeness (QED) is 0.776. The van der Waals surface area contributed by atoms with Crippen molar-refractivity contribution in [3.8, 4) is 0 Å². The highest BCUT2D eigenvalue weighted by Gasteiger charge is 2.09. The summed E-state index contributed by atoms with van der Waals surface area (Å²) >= 11 is 11.9. The molecule has 0 fully saturated rings. The average molecular weight is 298 g/mol. The van der Waals surface area contributed by atoms with Crippen LogP contribution in [0.5, 0.6) is 0 Å². The zero-order valence-electron chi connectivity index (χ0n) is 10.7. The van der Waals surface area contributed by atoms with Crippen molar-refractivity contribution < 1.29 is 4.39 Å². The van der Waals surface area contributed by atoms with Gasteiger partial charge in [-0.1, -0.05) is 35.3 Å². The van der Waals surface area contributed by atoms with Crippen LogP contribution >= 0.6 is 23.2 Å². The van der Waals surface area contributed by atoms with E-state index in [2.05, 4.69) is 5.32 Å². The highest BCUT2D eigenvalue weighted by Crippen LogP contribution is 2.28. The van der Waals surface area contributed by atoms with Gasteiger partial charge in [0.25, 0.3) is 0 Å². The van der Waals surface area contributed by atoms with Gasteiger partial charge in [0.15, 0.2) is 0 Å². The predicted octanol–water partition coefficient (Wildman–Crippen LogP) is 5.61. The summed E-state index contributed by atoms with van der Waals surface area (Å²) in [6.45, 7) is 3.92. The number of halogens is 3. The van der Waals surface area contributed by atoms with Crippen molar-refractivity contribution in [2.45, 2.75) is 19.9 Å². The van der Waals surface area contributed by atoms with E-state index in [1.807, 2.05) is 26.0 Å². The fourth-order valence-electron chi connectivity index (χ4n) is 1.85. The number of aryl methyl sites for hydroxylation is 1. The number of hydrogen-bond acceptors (Lipinski definition) is 1. The van der Waals surface area contributed by atoms with Crippen LogP contribution < -0.4 is 5.32 Å². The summed E-state index contributed by atoms with van der Waals surface area (Å²) in [6.07, 6.45) is 0. The molecule has 1 nitrogen and oxygen atoms in total. The van der Waals surface area contributed by atoms with Crippen molar-refractivity contribution in [3.05, 3.63) is 63.4 Å². The maximum Gasteiger partial charge on any atom is 0.125 e. The third kappa shape index (κ3) is 3.40. The summed E-state index contributed by atoms with van der Waals surface area (Å²) in [7, 11) is 0. The van der Waals surface area contributed by atoms with Crippen LogP contribution in [0.25, 0.3) is 0 Å². The van der Waals surface area contributed by atoms with Gasteiger partial charge in [-0.05, 0) is 49.2 Å².